The molecular formula is C13H18BrClN2. The number of hydrogen-bond donors (Lipinski definition) is 1. The Balaban J connectivity index is 2.03. The van der Waals surface area contributed by atoms with Gasteiger partial charge in [0.15, 0.2) is 0 Å². The van der Waals surface area contributed by atoms with Crippen LogP contribution in [0.5, 0.6) is 0 Å². The molecule has 2 rings (SSSR count). The van der Waals surface area contributed by atoms with Crippen LogP contribution >= 0.6 is 27.5 Å². The van der Waals surface area contributed by atoms with Crippen LogP contribution in [0, 0.1) is 5.92 Å². The van der Waals surface area contributed by atoms with Gasteiger partial charge < -0.3 is 5.73 Å². The fraction of sp³-hybridized carbons (Fsp3) is 0.538. The van der Waals surface area contributed by atoms with Crippen molar-refractivity contribution in [2.24, 2.45) is 11.7 Å². The van der Waals surface area contributed by atoms with Crippen LogP contribution in [-0.4, -0.2) is 24.0 Å². The third kappa shape index (κ3) is 3.44. The maximum Gasteiger partial charge on any atom is 0.0410 e. The van der Waals surface area contributed by atoms with E-state index in [1.54, 1.807) is 0 Å². The number of likely N-dealkylation sites (tertiary alicyclic amines) is 1. The van der Waals surface area contributed by atoms with Gasteiger partial charge in [-0.1, -0.05) is 34.5 Å². The molecule has 1 aliphatic rings. The molecule has 4 heteroatoms. The molecule has 0 saturated carbocycles. The summed E-state index contributed by atoms with van der Waals surface area (Å²) in [6, 6.07) is 6.22. The number of nitrogens with zero attached hydrogens (tertiary/aromatic N) is 1. The van der Waals surface area contributed by atoms with Crippen molar-refractivity contribution in [3.05, 3.63) is 33.3 Å². The summed E-state index contributed by atoms with van der Waals surface area (Å²) in [5.41, 5.74) is 7.35. The van der Waals surface area contributed by atoms with Crippen LogP contribution < -0.4 is 5.73 Å². The van der Waals surface area contributed by atoms with Crippen LogP contribution in [0.25, 0.3) is 0 Å². The predicted molar refractivity (Wildman–Crippen MR) is 76.2 cm³/mol. The Labute approximate surface area is 116 Å². The SMILES string of the molecule is CC1CCN(Cc2cc(Cl)ccc2Br)CC1N. The van der Waals surface area contributed by atoms with Crippen LogP contribution in [0.15, 0.2) is 22.7 Å². The smallest absolute Gasteiger partial charge is 0.0410 e. The highest BCUT2D eigenvalue weighted by atomic mass is 79.9. The van der Waals surface area contributed by atoms with Crippen LogP contribution in [0.4, 0.5) is 0 Å². The van der Waals surface area contributed by atoms with Gasteiger partial charge in [-0.3, -0.25) is 4.90 Å². The second-order valence-electron chi connectivity index (χ2n) is 4.90. The minimum absolute atomic E-state index is 0.293. The number of benzene rings is 1. The number of rotatable bonds is 2. The average Bonchev–Trinajstić information content (AvgIpc) is 2.29. The first kappa shape index (κ1) is 13.3. The highest BCUT2D eigenvalue weighted by molar-refractivity contribution is 9.10. The second kappa shape index (κ2) is 5.70. The summed E-state index contributed by atoms with van der Waals surface area (Å²) < 4.78 is 1.12. The van der Waals surface area contributed by atoms with Crippen molar-refractivity contribution in [2.45, 2.75) is 25.9 Å². The third-order valence-electron chi connectivity index (χ3n) is 3.50. The normalized spacial score (nSPS) is 26.1. The summed E-state index contributed by atoms with van der Waals surface area (Å²) in [5, 5.41) is 0.790. The Morgan fingerprint density at radius 3 is 3.00 bits per heavy atom. The molecule has 0 bridgehead atoms. The quantitative estimate of drug-likeness (QED) is 0.907. The molecule has 2 nitrogen and oxygen atoms in total. The van der Waals surface area contributed by atoms with Crippen molar-refractivity contribution < 1.29 is 0 Å². The lowest BCUT2D eigenvalue weighted by atomic mass is 9.94. The zero-order valence-electron chi connectivity index (χ0n) is 10.00. The number of piperidine rings is 1. The monoisotopic (exact) mass is 316 g/mol. The van der Waals surface area contributed by atoms with Crippen molar-refractivity contribution in [1.29, 1.82) is 0 Å². The molecule has 0 amide bonds. The Bertz CT molecular complexity index is 397. The molecule has 1 aliphatic heterocycles. The molecule has 2 N–H and O–H groups in total. The molecule has 0 spiro atoms. The van der Waals surface area contributed by atoms with Gasteiger partial charge >= 0.3 is 0 Å². The number of nitrogens with two attached hydrogens (primary N) is 1. The Morgan fingerprint density at radius 1 is 1.53 bits per heavy atom. The lowest BCUT2D eigenvalue weighted by molar-refractivity contribution is 0.162. The fourth-order valence-corrected chi connectivity index (χ4v) is 2.79. The molecule has 1 heterocycles. The largest absolute Gasteiger partial charge is 0.326 e. The Morgan fingerprint density at radius 2 is 2.29 bits per heavy atom. The van der Waals surface area contributed by atoms with Gasteiger partial charge in [0.1, 0.15) is 0 Å². The molecule has 1 fully saturated rings. The van der Waals surface area contributed by atoms with Gasteiger partial charge in [-0.2, -0.15) is 0 Å². The summed E-state index contributed by atoms with van der Waals surface area (Å²) in [5.74, 6) is 0.633. The molecule has 17 heavy (non-hydrogen) atoms. The van der Waals surface area contributed by atoms with E-state index in [1.165, 1.54) is 12.0 Å². The van der Waals surface area contributed by atoms with Gasteiger partial charge in [0, 0.05) is 28.6 Å². The molecule has 0 radical (unpaired) electrons. The van der Waals surface area contributed by atoms with Gasteiger partial charge in [0.2, 0.25) is 0 Å². The molecule has 0 aromatic heterocycles. The zero-order chi connectivity index (χ0) is 12.4. The minimum Gasteiger partial charge on any atom is -0.326 e. The van der Waals surface area contributed by atoms with Gasteiger partial charge in [-0.15, -0.1) is 0 Å². The van der Waals surface area contributed by atoms with Crippen LogP contribution in [0.1, 0.15) is 18.9 Å². The first-order chi connectivity index (χ1) is 8.06. The van der Waals surface area contributed by atoms with Crippen molar-refractivity contribution >= 4 is 27.5 Å². The molecular weight excluding hydrogens is 300 g/mol. The van der Waals surface area contributed by atoms with Crippen LogP contribution in [0.2, 0.25) is 5.02 Å². The van der Waals surface area contributed by atoms with Gasteiger partial charge in [-0.25, -0.2) is 0 Å². The molecule has 0 aliphatic carbocycles. The van der Waals surface area contributed by atoms with E-state index in [1.807, 2.05) is 18.2 Å². The topological polar surface area (TPSA) is 29.3 Å². The lowest BCUT2D eigenvalue weighted by Gasteiger charge is -2.35. The summed E-state index contributed by atoms with van der Waals surface area (Å²) in [6.45, 7) is 5.24. The maximum absolute atomic E-state index is 6.11. The van der Waals surface area contributed by atoms with Crippen molar-refractivity contribution in [3.63, 3.8) is 0 Å². The Kier molecular flexibility index (Phi) is 4.47. The van der Waals surface area contributed by atoms with E-state index in [2.05, 4.69) is 27.8 Å². The van der Waals surface area contributed by atoms with Crippen molar-refractivity contribution in [1.82, 2.24) is 4.90 Å². The van der Waals surface area contributed by atoms with Gasteiger partial charge in [0.25, 0.3) is 0 Å². The van der Waals surface area contributed by atoms with E-state index in [9.17, 15) is 0 Å². The summed E-state index contributed by atoms with van der Waals surface area (Å²) >= 11 is 9.59. The zero-order valence-corrected chi connectivity index (χ0v) is 12.3. The van der Waals surface area contributed by atoms with Crippen LogP contribution in [-0.2, 0) is 6.54 Å². The van der Waals surface area contributed by atoms with E-state index in [0.29, 0.717) is 12.0 Å². The minimum atomic E-state index is 0.293. The number of halogens is 2. The molecule has 2 unspecified atom stereocenters. The first-order valence-corrected chi connectivity index (χ1v) is 7.15. The van der Waals surface area contributed by atoms with Crippen LogP contribution in [0.3, 0.4) is 0 Å². The van der Waals surface area contributed by atoms with E-state index >= 15 is 0 Å². The predicted octanol–water partition coefficient (Wildman–Crippen LogP) is 3.27. The Hall–Kier alpha value is -0.0900. The number of hydrogen-bond acceptors (Lipinski definition) is 2. The molecule has 94 valence electrons. The van der Waals surface area contributed by atoms with E-state index in [0.717, 1.165) is 29.1 Å². The van der Waals surface area contributed by atoms with Gasteiger partial charge in [0.05, 0.1) is 0 Å². The summed E-state index contributed by atoms with van der Waals surface area (Å²) in [7, 11) is 0. The van der Waals surface area contributed by atoms with Gasteiger partial charge in [-0.05, 0) is 42.6 Å². The standard InChI is InChI=1S/C13H18BrClN2/c1-9-4-5-17(8-13(9)16)7-10-6-11(15)2-3-12(10)14/h2-3,6,9,13H,4-5,7-8,16H2,1H3. The van der Waals surface area contributed by atoms with E-state index in [4.69, 9.17) is 17.3 Å². The third-order valence-corrected chi connectivity index (χ3v) is 4.51. The van der Waals surface area contributed by atoms with Crippen molar-refractivity contribution in [3.8, 4) is 0 Å². The summed E-state index contributed by atoms with van der Waals surface area (Å²) in [6.07, 6.45) is 1.18. The molecule has 1 aromatic rings. The molecule has 1 saturated heterocycles. The average molecular weight is 318 g/mol. The second-order valence-corrected chi connectivity index (χ2v) is 6.19. The first-order valence-electron chi connectivity index (χ1n) is 5.98. The van der Waals surface area contributed by atoms with Crippen molar-refractivity contribution in [2.75, 3.05) is 13.1 Å². The lowest BCUT2D eigenvalue weighted by Crippen LogP contribution is -2.47. The highest BCUT2D eigenvalue weighted by Gasteiger charge is 2.23. The van der Waals surface area contributed by atoms with E-state index < -0.39 is 0 Å². The maximum atomic E-state index is 6.11. The van der Waals surface area contributed by atoms with E-state index in [-0.39, 0.29) is 0 Å². The highest BCUT2D eigenvalue weighted by Crippen LogP contribution is 2.24. The molecule has 1 aromatic carbocycles. The summed E-state index contributed by atoms with van der Waals surface area (Å²) in [4.78, 5) is 2.40. The molecule has 2 atom stereocenters. The fourth-order valence-electron chi connectivity index (χ4n) is 2.22.